The van der Waals surface area contributed by atoms with Crippen LogP contribution in [-0.4, -0.2) is 24.1 Å². The van der Waals surface area contributed by atoms with E-state index in [1.54, 1.807) is 20.8 Å². The molecule has 0 saturated carbocycles. The van der Waals surface area contributed by atoms with Crippen LogP contribution in [0.5, 0.6) is 0 Å². The second kappa shape index (κ2) is 7.20. The monoisotopic (exact) mass is 352 g/mol. The fraction of sp³-hybridized carbons (Fsp3) is 0.333. The van der Waals surface area contributed by atoms with Crippen LogP contribution in [0, 0.1) is 0 Å². The van der Waals surface area contributed by atoms with Crippen molar-refractivity contribution < 1.29 is 14.3 Å². The molecule has 136 valence electrons. The lowest BCUT2D eigenvalue weighted by atomic mass is 10.1. The van der Waals surface area contributed by atoms with E-state index in [-0.39, 0.29) is 18.9 Å². The van der Waals surface area contributed by atoms with E-state index in [0.29, 0.717) is 0 Å². The maximum absolute atomic E-state index is 12.1. The zero-order chi connectivity index (χ0) is 18.7. The van der Waals surface area contributed by atoms with Crippen LogP contribution in [-0.2, 0) is 16.0 Å². The van der Waals surface area contributed by atoms with Crippen molar-refractivity contribution >= 4 is 17.7 Å². The number of carbonyl (C=O) groups is 2. The van der Waals surface area contributed by atoms with Crippen LogP contribution < -0.4 is 10.6 Å². The predicted octanol–water partition coefficient (Wildman–Crippen LogP) is 4.11. The Morgan fingerprint density at radius 3 is 2.54 bits per heavy atom. The van der Waals surface area contributed by atoms with Crippen molar-refractivity contribution in [3.63, 3.8) is 0 Å². The van der Waals surface area contributed by atoms with Gasteiger partial charge in [-0.1, -0.05) is 30.3 Å². The number of benzene rings is 2. The van der Waals surface area contributed by atoms with E-state index < -0.39 is 11.7 Å². The lowest BCUT2D eigenvalue weighted by Crippen LogP contribution is -2.34. The summed E-state index contributed by atoms with van der Waals surface area (Å²) in [6.45, 7) is 5.62. The van der Waals surface area contributed by atoms with E-state index in [0.717, 1.165) is 12.1 Å². The first-order valence-electron chi connectivity index (χ1n) is 8.80. The molecule has 0 aliphatic heterocycles. The second-order valence-electron chi connectivity index (χ2n) is 7.43. The zero-order valence-electron chi connectivity index (χ0n) is 15.4. The molecule has 2 amide bonds. The van der Waals surface area contributed by atoms with Gasteiger partial charge in [0.05, 0.1) is 0 Å². The molecule has 0 atom stereocenters. The largest absolute Gasteiger partial charge is 0.444 e. The highest BCUT2D eigenvalue weighted by atomic mass is 16.6. The molecule has 2 aromatic carbocycles. The molecule has 0 fully saturated rings. The Labute approximate surface area is 153 Å². The Hall–Kier alpha value is -2.82. The Balaban J connectivity index is 1.54. The topological polar surface area (TPSA) is 67.4 Å². The first-order chi connectivity index (χ1) is 12.3. The fourth-order valence-electron chi connectivity index (χ4n) is 3.02. The summed E-state index contributed by atoms with van der Waals surface area (Å²) in [5, 5.41) is 5.48. The molecular formula is C21H24N2O3. The number of amides is 2. The third-order valence-corrected chi connectivity index (χ3v) is 4.10. The van der Waals surface area contributed by atoms with Crippen molar-refractivity contribution in [2.24, 2.45) is 0 Å². The summed E-state index contributed by atoms with van der Waals surface area (Å²) < 4.78 is 5.14. The summed E-state index contributed by atoms with van der Waals surface area (Å²) in [6, 6.07) is 14.3. The third-order valence-electron chi connectivity index (χ3n) is 4.10. The van der Waals surface area contributed by atoms with Gasteiger partial charge in [-0.2, -0.15) is 0 Å². The molecule has 0 heterocycles. The summed E-state index contributed by atoms with van der Waals surface area (Å²) in [5.41, 5.74) is 5.20. The summed E-state index contributed by atoms with van der Waals surface area (Å²) >= 11 is 0. The number of ether oxygens (including phenoxy) is 1. The third kappa shape index (κ3) is 4.42. The minimum atomic E-state index is -0.549. The SMILES string of the molecule is CC(C)(C)OC(=O)NCCC(=O)Nc1ccc2c(c1)-c1ccccc1C2. The smallest absolute Gasteiger partial charge is 0.407 e. The molecule has 2 N–H and O–H groups in total. The standard InChI is InChI=1S/C21H24N2O3/c1-21(2,3)26-20(25)22-11-10-19(24)23-16-9-8-15-12-14-6-4-5-7-17(14)18(15)13-16/h4-9,13H,10-12H2,1-3H3,(H,22,25)(H,23,24). The quantitative estimate of drug-likeness (QED) is 0.742. The molecule has 26 heavy (non-hydrogen) atoms. The Morgan fingerprint density at radius 1 is 1.04 bits per heavy atom. The van der Waals surface area contributed by atoms with E-state index >= 15 is 0 Å². The Kier molecular flexibility index (Phi) is 4.98. The molecule has 0 spiro atoms. The number of alkyl carbamates (subject to hydrolysis) is 1. The summed E-state index contributed by atoms with van der Waals surface area (Å²) in [7, 11) is 0. The number of hydrogen-bond acceptors (Lipinski definition) is 3. The van der Waals surface area contributed by atoms with Gasteiger partial charge in [0.1, 0.15) is 5.60 Å². The highest BCUT2D eigenvalue weighted by Crippen LogP contribution is 2.37. The van der Waals surface area contributed by atoms with Crippen molar-refractivity contribution in [1.82, 2.24) is 5.32 Å². The van der Waals surface area contributed by atoms with E-state index in [4.69, 9.17) is 4.74 Å². The van der Waals surface area contributed by atoms with Crippen LogP contribution >= 0.6 is 0 Å². The molecule has 3 rings (SSSR count). The number of nitrogens with one attached hydrogen (secondary N) is 2. The van der Waals surface area contributed by atoms with Gasteiger partial charge in [0, 0.05) is 18.7 Å². The number of fused-ring (bicyclic) bond motifs is 3. The van der Waals surface area contributed by atoms with Crippen LogP contribution in [0.25, 0.3) is 11.1 Å². The number of anilines is 1. The molecule has 1 aliphatic rings. The summed E-state index contributed by atoms with van der Waals surface area (Å²) in [5.74, 6) is -0.146. The first kappa shape index (κ1) is 18.0. The lowest BCUT2D eigenvalue weighted by molar-refractivity contribution is -0.116. The molecule has 0 radical (unpaired) electrons. The van der Waals surface area contributed by atoms with Crippen molar-refractivity contribution in [3.05, 3.63) is 53.6 Å². The molecule has 1 aliphatic carbocycles. The van der Waals surface area contributed by atoms with E-state index in [1.807, 2.05) is 24.3 Å². The highest BCUT2D eigenvalue weighted by molar-refractivity contribution is 5.92. The normalized spacial score (nSPS) is 12.1. The van der Waals surface area contributed by atoms with Crippen molar-refractivity contribution in [1.29, 1.82) is 0 Å². The van der Waals surface area contributed by atoms with Crippen molar-refractivity contribution in [2.75, 3.05) is 11.9 Å². The molecule has 0 bridgehead atoms. The van der Waals surface area contributed by atoms with E-state index in [9.17, 15) is 9.59 Å². The first-order valence-corrected chi connectivity index (χ1v) is 8.80. The fourth-order valence-corrected chi connectivity index (χ4v) is 3.02. The van der Waals surface area contributed by atoms with Crippen LogP contribution in [0.3, 0.4) is 0 Å². The number of carbonyl (C=O) groups excluding carboxylic acids is 2. The molecule has 0 unspecified atom stereocenters. The van der Waals surface area contributed by atoms with Crippen LogP contribution in [0.4, 0.5) is 10.5 Å². The van der Waals surface area contributed by atoms with Gasteiger partial charge in [-0.05, 0) is 61.6 Å². The molecule has 0 saturated heterocycles. The minimum absolute atomic E-state index is 0.146. The van der Waals surface area contributed by atoms with Crippen LogP contribution in [0.1, 0.15) is 38.3 Å². The van der Waals surface area contributed by atoms with Crippen molar-refractivity contribution in [3.8, 4) is 11.1 Å². The van der Waals surface area contributed by atoms with Gasteiger partial charge < -0.3 is 15.4 Å². The van der Waals surface area contributed by atoms with Crippen molar-refractivity contribution in [2.45, 2.75) is 39.2 Å². The van der Waals surface area contributed by atoms with Gasteiger partial charge in [0.15, 0.2) is 0 Å². The molecule has 0 aromatic heterocycles. The maximum atomic E-state index is 12.1. The van der Waals surface area contributed by atoms with Gasteiger partial charge in [0.2, 0.25) is 5.91 Å². The molecular weight excluding hydrogens is 328 g/mol. The maximum Gasteiger partial charge on any atom is 0.407 e. The van der Waals surface area contributed by atoms with Gasteiger partial charge >= 0.3 is 6.09 Å². The average Bonchev–Trinajstić information content (AvgIpc) is 2.91. The minimum Gasteiger partial charge on any atom is -0.444 e. The zero-order valence-corrected chi connectivity index (χ0v) is 15.4. The molecule has 2 aromatic rings. The van der Waals surface area contributed by atoms with E-state index in [1.165, 1.54) is 22.3 Å². The number of rotatable bonds is 4. The predicted molar refractivity (Wildman–Crippen MR) is 102 cm³/mol. The van der Waals surface area contributed by atoms with E-state index in [2.05, 4.69) is 28.8 Å². The van der Waals surface area contributed by atoms with Gasteiger partial charge in [-0.15, -0.1) is 0 Å². The van der Waals surface area contributed by atoms with Crippen LogP contribution in [0.2, 0.25) is 0 Å². The Bertz CT molecular complexity index is 837. The van der Waals surface area contributed by atoms with Gasteiger partial charge in [-0.25, -0.2) is 4.79 Å². The Morgan fingerprint density at radius 2 is 1.77 bits per heavy atom. The average molecular weight is 352 g/mol. The summed E-state index contributed by atoms with van der Waals surface area (Å²) in [6.07, 6.45) is 0.603. The number of hydrogen-bond donors (Lipinski definition) is 2. The summed E-state index contributed by atoms with van der Waals surface area (Å²) in [4.78, 5) is 23.7. The van der Waals surface area contributed by atoms with Crippen LogP contribution in [0.15, 0.2) is 42.5 Å². The second-order valence-corrected chi connectivity index (χ2v) is 7.43. The molecule has 5 nitrogen and oxygen atoms in total. The van der Waals surface area contributed by atoms with Gasteiger partial charge in [-0.3, -0.25) is 4.79 Å². The molecule has 5 heteroatoms. The highest BCUT2D eigenvalue weighted by Gasteiger charge is 2.18. The lowest BCUT2D eigenvalue weighted by Gasteiger charge is -2.19. The van der Waals surface area contributed by atoms with Gasteiger partial charge in [0.25, 0.3) is 0 Å².